The van der Waals surface area contributed by atoms with Crippen LogP contribution >= 0.6 is 11.8 Å². The van der Waals surface area contributed by atoms with Crippen LogP contribution in [0.5, 0.6) is 0 Å². The van der Waals surface area contributed by atoms with Gasteiger partial charge in [0.25, 0.3) is 5.91 Å². The smallest absolute Gasteiger partial charge is 0.251 e. The number of anilines is 1. The molecule has 3 aromatic rings. The molecule has 7 nitrogen and oxygen atoms in total. The second-order valence-corrected chi connectivity index (χ2v) is 8.29. The van der Waals surface area contributed by atoms with Crippen LogP contribution in [0.15, 0.2) is 53.7 Å². The lowest BCUT2D eigenvalue weighted by molar-refractivity contribution is -0.113. The minimum Gasteiger partial charge on any atom is -0.342 e. The van der Waals surface area contributed by atoms with Gasteiger partial charge < -0.3 is 15.2 Å². The summed E-state index contributed by atoms with van der Waals surface area (Å²) in [6, 6.07) is 14.8. The lowest BCUT2D eigenvalue weighted by atomic mass is 10.1. The van der Waals surface area contributed by atoms with E-state index in [9.17, 15) is 9.59 Å². The zero-order valence-corrected chi connectivity index (χ0v) is 19.0. The molecule has 0 spiro atoms. The highest BCUT2D eigenvalue weighted by atomic mass is 32.2. The molecule has 0 radical (unpaired) electrons. The number of benzene rings is 2. The van der Waals surface area contributed by atoms with E-state index in [4.69, 9.17) is 0 Å². The maximum absolute atomic E-state index is 12.5. The Hall–Kier alpha value is -3.13. The topological polar surface area (TPSA) is 88.9 Å². The summed E-state index contributed by atoms with van der Waals surface area (Å²) in [5.41, 5.74) is 3.60. The van der Waals surface area contributed by atoms with Crippen molar-refractivity contribution in [2.45, 2.75) is 45.4 Å². The van der Waals surface area contributed by atoms with E-state index < -0.39 is 0 Å². The molecule has 3 rings (SSSR count). The average Bonchev–Trinajstić information content (AvgIpc) is 3.17. The quantitative estimate of drug-likeness (QED) is 0.517. The third-order valence-corrected chi connectivity index (χ3v) is 5.74. The van der Waals surface area contributed by atoms with Crippen LogP contribution in [0.4, 0.5) is 5.69 Å². The second-order valence-electron chi connectivity index (χ2n) is 7.35. The van der Waals surface area contributed by atoms with E-state index in [1.54, 1.807) is 12.1 Å². The third-order valence-electron chi connectivity index (χ3n) is 4.78. The van der Waals surface area contributed by atoms with Crippen molar-refractivity contribution in [3.05, 3.63) is 71.0 Å². The van der Waals surface area contributed by atoms with Crippen LogP contribution in [0.2, 0.25) is 0 Å². The number of hydrogen-bond acceptors (Lipinski definition) is 5. The number of hydrogen-bond donors (Lipinski definition) is 2. The Balaban J connectivity index is 1.61. The predicted molar refractivity (Wildman–Crippen MR) is 123 cm³/mol. The molecule has 2 amide bonds. The van der Waals surface area contributed by atoms with Crippen molar-refractivity contribution in [3.63, 3.8) is 0 Å². The Bertz CT molecular complexity index is 1040. The van der Waals surface area contributed by atoms with Gasteiger partial charge in [0.1, 0.15) is 0 Å². The minimum absolute atomic E-state index is 0.109. The van der Waals surface area contributed by atoms with E-state index >= 15 is 0 Å². The fourth-order valence-electron chi connectivity index (χ4n) is 3.04. The summed E-state index contributed by atoms with van der Waals surface area (Å²) in [5, 5.41) is 15.0. The number of rotatable bonds is 8. The molecule has 1 atom stereocenters. The van der Waals surface area contributed by atoms with Gasteiger partial charge in [-0.05, 0) is 52.0 Å². The van der Waals surface area contributed by atoms with Crippen LogP contribution in [-0.4, -0.2) is 32.3 Å². The summed E-state index contributed by atoms with van der Waals surface area (Å²) in [6.07, 6.45) is 0. The number of thioether (sulfide) groups is 1. The van der Waals surface area contributed by atoms with Crippen LogP contribution in [-0.2, 0) is 11.3 Å². The first-order valence-corrected chi connectivity index (χ1v) is 11.2. The first kappa shape index (κ1) is 22.6. The Morgan fingerprint density at radius 1 is 1.00 bits per heavy atom. The lowest BCUT2D eigenvalue weighted by Gasteiger charge is -2.15. The van der Waals surface area contributed by atoms with Gasteiger partial charge in [0, 0.05) is 17.8 Å². The van der Waals surface area contributed by atoms with Crippen LogP contribution < -0.4 is 10.6 Å². The van der Waals surface area contributed by atoms with Crippen molar-refractivity contribution < 1.29 is 9.59 Å². The van der Waals surface area contributed by atoms with Crippen LogP contribution in [0.25, 0.3) is 0 Å². The summed E-state index contributed by atoms with van der Waals surface area (Å²) in [7, 11) is 0. The average molecular weight is 438 g/mol. The second kappa shape index (κ2) is 10.3. The Labute approximate surface area is 186 Å². The zero-order valence-electron chi connectivity index (χ0n) is 18.2. The molecule has 2 aromatic carbocycles. The van der Waals surface area contributed by atoms with Crippen molar-refractivity contribution in [1.29, 1.82) is 0 Å². The van der Waals surface area contributed by atoms with E-state index in [-0.39, 0.29) is 23.6 Å². The Morgan fingerprint density at radius 3 is 2.23 bits per heavy atom. The van der Waals surface area contributed by atoms with Crippen molar-refractivity contribution in [2.24, 2.45) is 0 Å². The van der Waals surface area contributed by atoms with Crippen molar-refractivity contribution in [3.8, 4) is 0 Å². The molecule has 0 aliphatic rings. The van der Waals surface area contributed by atoms with E-state index in [2.05, 4.69) is 20.8 Å². The van der Waals surface area contributed by atoms with Gasteiger partial charge in [0.15, 0.2) is 11.0 Å². The van der Waals surface area contributed by atoms with Gasteiger partial charge in [0.2, 0.25) is 5.91 Å². The summed E-state index contributed by atoms with van der Waals surface area (Å²) < 4.78 is 1.92. The number of carbonyl (C=O) groups is 2. The minimum atomic E-state index is -0.322. The van der Waals surface area contributed by atoms with Crippen LogP contribution in [0, 0.1) is 13.8 Å². The van der Waals surface area contributed by atoms with Gasteiger partial charge >= 0.3 is 0 Å². The van der Waals surface area contributed by atoms with E-state index in [1.165, 1.54) is 11.8 Å². The summed E-state index contributed by atoms with van der Waals surface area (Å²) in [4.78, 5) is 24.8. The van der Waals surface area contributed by atoms with Gasteiger partial charge in [-0.1, -0.05) is 47.2 Å². The maximum Gasteiger partial charge on any atom is 0.251 e. The molecule has 8 heteroatoms. The first-order chi connectivity index (χ1) is 14.9. The van der Waals surface area contributed by atoms with Gasteiger partial charge in [-0.15, -0.1) is 10.2 Å². The number of carbonyl (C=O) groups excluding carboxylic acids is 2. The van der Waals surface area contributed by atoms with Crippen molar-refractivity contribution >= 4 is 29.3 Å². The van der Waals surface area contributed by atoms with Crippen molar-refractivity contribution in [1.82, 2.24) is 20.1 Å². The highest BCUT2D eigenvalue weighted by Gasteiger charge is 2.20. The number of nitrogens with zero attached hydrogens (tertiary/aromatic N) is 3. The Morgan fingerprint density at radius 2 is 1.61 bits per heavy atom. The normalized spacial score (nSPS) is 11.7. The van der Waals surface area contributed by atoms with Gasteiger partial charge in [-0.3, -0.25) is 9.59 Å². The van der Waals surface area contributed by atoms with Gasteiger partial charge in [-0.25, -0.2) is 0 Å². The number of nitrogens with one attached hydrogen (secondary N) is 2. The molecule has 0 unspecified atom stereocenters. The molecule has 1 heterocycles. The lowest BCUT2D eigenvalue weighted by Crippen LogP contribution is -2.28. The Kier molecular flexibility index (Phi) is 7.46. The van der Waals surface area contributed by atoms with E-state index in [1.807, 2.05) is 68.7 Å². The summed E-state index contributed by atoms with van der Waals surface area (Å²) >= 11 is 1.32. The van der Waals surface area contributed by atoms with E-state index in [0.29, 0.717) is 23.1 Å². The molecule has 162 valence electrons. The number of aromatic nitrogens is 3. The first-order valence-electron chi connectivity index (χ1n) is 10.2. The largest absolute Gasteiger partial charge is 0.342 e. The highest BCUT2D eigenvalue weighted by Crippen LogP contribution is 2.21. The molecular weight excluding hydrogens is 410 g/mol. The molecule has 1 aromatic heterocycles. The SMILES string of the molecule is CCn1c(SCC(=O)Nc2ccc(C)cc2)nnc1[C@@H](C)NC(=O)c1ccc(C)cc1. The maximum atomic E-state index is 12.5. The number of amides is 2. The molecule has 31 heavy (non-hydrogen) atoms. The van der Waals surface area contributed by atoms with Gasteiger partial charge in [-0.2, -0.15) is 0 Å². The third kappa shape index (κ3) is 5.95. The summed E-state index contributed by atoms with van der Waals surface area (Å²) in [5.74, 6) is 0.604. The van der Waals surface area contributed by atoms with Crippen molar-refractivity contribution in [2.75, 3.05) is 11.1 Å². The van der Waals surface area contributed by atoms with E-state index in [0.717, 1.165) is 16.8 Å². The molecular formula is C23H27N5O2S. The molecule has 0 fully saturated rings. The summed E-state index contributed by atoms with van der Waals surface area (Å²) in [6.45, 7) is 8.47. The zero-order chi connectivity index (χ0) is 22.4. The molecule has 2 N–H and O–H groups in total. The van der Waals surface area contributed by atoms with Gasteiger partial charge in [0.05, 0.1) is 11.8 Å². The monoisotopic (exact) mass is 437 g/mol. The standard InChI is InChI=1S/C23H27N5O2S/c1-5-28-21(17(4)24-22(30)18-10-6-15(2)7-11-18)26-27-23(28)31-14-20(29)25-19-12-8-16(3)9-13-19/h6-13,17H,5,14H2,1-4H3,(H,24,30)(H,25,29)/t17-/m1/s1. The van der Waals surface area contributed by atoms with Crippen LogP contribution in [0.1, 0.15) is 47.2 Å². The fourth-order valence-corrected chi connectivity index (χ4v) is 3.85. The molecule has 0 saturated heterocycles. The highest BCUT2D eigenvalue weighted by molar-refractivity contribution is 7.99. The molecule has 0 bridgehead atoms. The predicted octanol–water partition coefficient (Wildman–Crippen LogP) is 4.14. The fraction of sp³-hybridized carbons (Fsp3) is 0.304. The number of aryl methyl sites for hydroxylation is 2. The van der Waals surface area contributed by atoms with Crippen LogP contribution in [0.3, 0.4) is 0 Å². The molecule has 0 aliphatic heterocycles. The molecule has 0 saturated carbocycles. The molecule has 0 aliphatic carbocycles.